The summed E-state index contributed by atoms with van der Waals surface area (Å²) >= 11 is 0.707. The fourth-order valence-corrected chi connectivity index (χ4v) is 1.78. The molecule has 0 aliphatic rings. The number of non-ortho nitro benzene ring substituents is 1. The highest BCUT2D eigenvalue weighted by Gasteiger charge is 2.31. The van der Waals surface area contributed by atoms with Crippen LogP contribution in [0.25, 0.3) is 0 Å². The van der Waals surface area contributed by atoms with Gasteiger partial charge in [0.15, 0.2) is 5.69 Å². The number of aromatic nitrogens is 3. The molecule has 0 aliphatic carbocycles. The summed E-state index contributed by atoms with van der Waals surface area (Å²) in [6.07, 6.45) is 0. The van der Waals surface area contributed by atoms with Crippen LogP contribution in [0, 0.1) is 30.3 Å². The van der Waals surface area contributed by atoms with Gasteiger partial charge in [-0.15, -0.1) is 0 Å². The second-order valence-electron chi connectivity index (χ2n) is 3.42. The summed E-state index contributed by atoms with van der Waals surface area (Å²) in [5.41, 5.74) is -2.96. The van der Waals surface area contributed by atoms with Crippen molar-refractivity contribution in [2.45, 2.75) is 0 Å². The van der Waals surface area contributed by atoms with E-state index in [1.807, 2.05) is 0 Å². The molecule has 1 heterocycles. The van der Waals surface area contributed by atoms with Crippen LogP contribution in [0.1, 0.15) is 0 Å². The van der Waals surface area contributed by atoms with Crippen LogP contribution in [0.2, 0.25) is 0 Å². The molecule has 0 saturated heterocycles. The molecule has 0 aliphatic heterocycles. The van der Waals surface area contributed by atoms with E-state index in [9.17, 15) is 30.3 Å². The predicted octanol–water partition coefficient (Wildman–Crippen LogP) is 1.40. The number of rotatable bonds is 5. The van der Waals surface area contributed by atoms with Gasteiger partial charge in [0.25, 0.3) is 5.69 Å². The van der Waals surface area contributed by atoms with Crippen LogP contribution in [0.5, 0.6) is 0 Å². The first-order valence-electron chi connectivity index (χ1n) is 4.93. The third-order valence-corrected chi connectivity index (χ3v) is 2.73. The van der Waals surface area contributed by atoms with Gasteiger partial charge in [-0.1, -0.05) is 9.59 Å². The van der Waals surface area contributed by atoms with Gasteiger partial charge in [0.1, 0.15) is 0 Å². The number of hydrogen-bond donors (Lipinski definition) is 1. The maximum atomic E-state index is 11.0. The Bertz CT molecular complexity index is 696. The molecule has 0 fully saturated rings. The first kappa shape index (κ1) is 14.1. The molecule has 2 rings (SSSR count). The van der Waals surface area contributed by atoms with Crippen molar-refractivity contribution in [3.63, 3.8) is 0 Å². The lowest BCUT2D eigenvalue weighted by atomic mass is 10.2. The first-order valence-corrected chi connectivity index (χ1v) is 5.70. The number of nitro benzene ring substituents is 3. The molecule has 21 heavy (non-hydrogen) atoms. The van der Waals surface area contributed by atoms with Crippen molar-refractivity contribution in [3.8, 4) is 0 Å². The summed E-state index contributed by atoms with van der Waals surface area (Å²) in [6, 6.07) is 1.23. The maximum Gasteiger partial charge on any atom is 0.306 e. The molecular formula is C7H3N7O6S. The van der Waals surface area contributed by atoms with Gasteiger partial charge in [-0.05, 0) is 5.21 Å². The number of nitrogens with zero attached hydrogens (tertiary/aromatic N) is 6. The normalized spacial score (nSPS) is 10.1. The van der Waals surface area contributed by atoms with Crippen molar-refractivity contribution in [1.82, 2.24) is 14.8 Å². The molecule has 1 aromatic carbocycles. The summed E-state index contributed by atoms with van der Waals surface area (Å²) in [6.45, 7) is 0. The fraction of sp³-hybridized carbons (Fsp3) is 0. The van der Waals surface area contributed by atoms with E-state index >= 15 is 0 Å². The molecule has 108 valence electrons. The van der Waals surface area contributed by atoms with Gasteiger partial charge in [0.2, 0.25) is 5.13 Å². The minimum Gasteiger partial charge on any atom is -0.317 e. The van der Waals surface area contributed by atoms with Crippen molar-refractivity contribution in [1.29, 1.82) is 0 Å². The maximum absolute atomic E-state index is 11.0. The van der Waals surface area contributed by atoms with Gasteiger partial charge >= 0.3 is 11.4 Å². The van der Waals surface area contributed by atoms with Gasteiger partial charge in [-0.25, -0.2) is 0 Å². The minimum atomic E-state index is -0.975. The zero-order chi connectivity index (χ0) is 15.6. The highest BCUT2D eigenvalue weighted by Crippen LogP contribution is 2.39. The molecule has 0 amide bonds. The van der Waals surface area contributed by atoms with Gasteiger partial charge < -0.3 is 5.32 Å². The average molecular weight is 313 g/mol. The summed E-state index contributed by atoms with van der Waals surface area (Å²) in [7, 11) is 0. The van der Waals surface area contributed by atoms with Crippen molar-refractivity contribution in [2.24, 2.45) is 0 Å². The Labute approximate surface area is 117 Å². The Hall–Kier alpha value is -3.29. The largest absolute Gasteiger partial charge is 0.317 e. The Morgan fingerprint density at radius 1 is 1.00 bits per heavy atom. The van der Waals surface area contributed by atoms with Crippen molar-refractivity contribution >= 4 is 39.4 Å². The van der Waals surface area contributed by atoms with E-state index in [-0.39, 0.29) is 5.13 Å². The number of nitrogens with one attached hydrogen (secondary N) is 1. The van der Waals surface area contributed by atoms with Crippen LogP contribution < -0.4 is 5.32 Å². The first-order chi connectivity index (χ1) is 9.90. The summed E-state index contributed by atoms with van der Waals surface area (Å²) in [4.78, 5) is 29.7. The van der Waals surface area contributed by atoms with Crippen LogP contribution in [0.3, 0.4) is 0 Å². The summed E-state index contributed by atoms with van der Waals surface area (Å²) in [5, 5.41) is 41.6. The Morgan fingerprint density at radius 2 is 1.57 bits per heavy atom. The molecular weight excluding hydrogens is 310 g/mol. The van der Waals surface area contributed by atoms with Crippen LogP contribution >= 0.6 is 11.5 Å². The lowest BCUT2D eigenvalue weighted by molar-refractivity contribution is -0.401. The number of nitro groups is 3. The van der Waals surface area contributed by atoms with Crippen molar-refractivity contribution in [3.05, 3.63) is 42.5 Å². The van der Waals surface area contributed by atoms with E-state index in [4.69, 9.17) is 0 Å². The molecule has 0 spiro atoms. The van der Waals surface area contributed by atoms with Gasteiger partial charge in [0.05, 0.1) is 26.9 Å². The molecule has 0 unspecified atom stereocenters. The van der Waals surface area contributed by atoms with E-state index in [2.05, 4.69) is 20.1 Å². The Kier molecular flexibility index (Phi) is 3.61. The molecule has 0 atom stereocenters. The van der Waals surface area contributed by atoms with Crippen LogP contribution in [-0.2, 0) is 0 Å². The highest BCUT2D eigenvalue weighted by molar-refractivity contribution is 7.09. The van der Waals surface area contributed by atoms with Crippen LogP contribution in [0.15, 0.2) is 12.1 Å². The molecule has 2 aromatic rings. The smallest absolute Gasteiger partial charge is 0.306 e. The van der Waals surface area contributed by atoms with Gasteiger partial charge in [-0.3, -0.25) is 30.3 Å². The van der Waals surface area contributed by atoms with E-state index in [0.717, 1.165) is 0 Å². The second-order valence-corrected chi connectivity index (χ2v) is 4.16. The lowest BCUT2D eigenvalue weighted by Gasteiger charge is -2.04. The Balaban J connectivity index is 2.66. The third-order valence-electron chi connectivity index (χ3n) is 2.22. The molecule has 0 saturated carbocycles. The molecule has 0 radical (unpaired) electrons. The van der Waals surface area contributed by atoms with E-state index in [1.54, 1.807) is 0 Å². The SMILES string of the molecule is O=[N+]([O-])c1cc([N+](=O)[O-])c(Nc2nnns2)c([N+](=O)[O-])c1. The Morgan fingerprint density at radius 3 is 1.95 bits per heavy atom. The fourth-order valence-electron chi connectivity index (χ4n) is 1.41. The topological polar surface area (TPSA) is 180 Å². The summed E-state index contributed by atoms with van der Waals surface area (Å²) in [5.74, 6) is 0. The number of hydrogen-bond acceptors (Lipinski definition) is 11. The molecule has 0 bridgehead atoms. The zero-order valence-electron chi connectivity index (χ0n) is 9.70. The lowest BCUT2D eigenvalue weighted by Crippen LogP contribution is -2.03. The van der Waals surface area contributed by atoms with E-state index in [0.29, 0.717) is 23.7 Å². The van der Waals surface area contributed by atoms with Crippen LogP contribution in [0.4, 0.5) is 27.9 Å². The highest BCUT2D eigenvalue weighted by atomic mass is 32.1. The second kappa shape index (κ2) is 5.37. The standard InChI is InChI=1S/C7H3N7O6S/c15-12(16)3-1-4(13(17)18)6(5(2-3)14(19)20)8-7-9-10-11-21-7/h1-2H,(H,8,9,11). The monoisotopic (exact) mass is 313 g/mol. The zero-order valence-corrected chi connectivity index (χ0v) is 10.5. The van der Waals surface area contributed by atoms with Crippen LogP contribution in [-0.4, -0.2) is 29.6 Å². The summed E-state index contributed by atoms with van der Waals surface area (Å²) < 4.78 is 3.38. The third kappa shape index (κ3) is 2.84. The van der Waals surface area contributed by atoms with Crippen molar-refractivity contribution < 1.29 is 14.8 Å². The molecule has 1 aromatic heterocycles. The molecule has 1 N–H and O–H groups in total. The predicted molar refractivity (Wildman–Crippen MR) is 67.4 cm³/mol. The van der Waals surface area contributed by atoms with Crippen molar-refractivity contribution in [2.75, 3.05) is 5.32 Å². The average Bonchev–Trinajstić information content (AvgIpc) is 2.90. The van der Waals surface area contributed by atoms with Gasteiger partial charge in [-0.2, -0.15) is 0 Å². The quantitative estimate of drug-likeness (QED) is 0.625. The molecule has 14 heteroatoms. The number of anilines is 2. The minimum absolute atomic E-state index is 0.0324. The van der Waals surface area contributed by atoms with E-state index in [1.165, 1.54) is 0 Å². The molecule has 13 nitrogen and oxygen atoms in total. The van der Waals surface area contributed by atoms with Gasteiger partial charge in [0, 0.05) is 11.5 Å². The number of benzene rings is 1. The van der Waals surface area contributed by atoms with E-state index < -0.39 is 37.5 Å².